The van der Waals surface area contributed by atoms with Crippen LogP contribution in [-0.4, -0.2) is 10.8 Å². The van der Waals surface area contributed by atoms with E-state index < -0.39 is 0 Å². The summed E-state index contributed by atoms with van der Waals surface area (Å²) in [5.41, 5.74) is 2.84. The molecule has 0 saturated heterocycles. The Kier molecular flexibility index (Phi) is 3.37. The highest BCUT2D eigenvalue weighted by molar-refractivity contribution is 5.97. The van der Waals surface area contributed by atoms with Gasteiger partial charge in [-0.15, -0.1) is 0 Å². The molecule has 0 atom stereocenters. The monoisotopic (exact) mass is 217 g/mol. The van der Waals surface area contributed by atoms with Crippen molar-refractivity contribution in [1.29, 1.82) is 0 Å². The smallest absolute Gasteiger partial charge is 0.184 e. The fraction of sp³-hybridized carbons (Fsp3) is 0.571. The molecule has 0 radical (unpaired) electrons. The zero-order chi connectivity index (χ0) is 11.5. The number of carbonyl (C=O) groups excluding carboxylic acids is 1. The van der Waals surface area contributed by atoms with Gasteiger partial charge in [0, 0.05) is 12.1 Å². The van der Waals surface area contributed by atoms with E-state index in [1.807, 2.05) is 19.9 Å². The Balaban J connectivity index is 2.19. The van der Waals surface area contributed by atoms with Crippen LogP contribution in [0.3, 0.4) is 0 Å². The first kappa shape index (κ1) is 11.3. The first-order valence-electron chi connectivity index (χ1n) is 6.16. The third-order valence-electron chi connectivity index (χ3n) is 3.42. The van der Waals surface area contributed by atoms with Gasteiger partial charge in [0.15, 0.2) is 5.78 Å². The number of pyridine rings is 1. The minimum Gasteiger partial charge on any atom is -0.292 e. The van der Waals surface area contributed by atoms with Crippen LogP contribution in [0.25, 0.3) is 0 Å². The third kappa shape index (κ3) is 2.31. The molecule has 0 aliphatic heterocycles. The molecule has 0 unspecified atom stereocenters. The average Bonchev–Trinajstić information content (AvgIpc) is 2.29. The van der Waals surface area contributed by atoms with E-state index >= 15 is 0 Å². The van der Waals surface area contributed by atoms with E-state index in [9.17, 15) is 4.79 Å². The molecule has 2 nitrogen and oxygen atoms in total. The van der Waals surface area contributed by atoms with Gasteiger partial charge < -0.3 is 0 Å². The van der Waals surface area contributed by atoms with Crippen molar-refractivity contribution in [1.82, 2.24) is 4.98 Å². The maximum Gasteiger partial charge on any atom is 0.184 e. The molecular formula is C14H19NO. The van der Waals surface area contributed by atoms with Crippen molar-refractivity contribution in [2.75, 3.05) is 0 Å². The highest BCUT2D eigenvalue weighted by atomic mass is 16.1. The van der Waals surface area contributed by atoms with Crippen LogP contribution in [0.4, 0.5) is 0 Å². The first-order valence-corrected chi connectivity index (χ1v) is 6.16. The van der Waals surface area contributed by atoms with Crippen molar-refractivity contribution in [2.45, 2.75) is 46.0 Å². The molecule has 1 aliphatic carbocycles. The number of Topliss-reactive ketones (excluding diaryl/α,β-unsaturated/α-hetero) is 1. The number of hydrogen-bond donors (Lipinski definition) is 0. The summed E-state index contributed by atoms with van der Waals surface area (Å²) in [5.74, 6) is 0.486. The standard InChI is InChI=1S/C14H19NO/c1-10-8-11(2)13(15-9-10)14(16)12-6-4-3-5-7-12/h8-9,12H,3-7H2,1-2H3. The van der Waals surface area contributed by atoms with E-state index in [0.29, 0.717) is 5.69 Å². The van der Waals surface area contributed by atoms with Crippen molar-refractivity contribution < 1.29 is 4.79 Å². The number of nitrogens with zero attached hydrogens (tertiary/aromatic N) is 1. The molecule has 0 aromatic carbocycles. The molecule has 0 N–H and O–H groups in total. The predicted octanol–water partition coefficient (Wildman–Crippen LogP) is 3.46. The molecule has 0 amide bonds. The molecular weight excluding hydrogens is 198 g/mol. The Hall–Kier alpha value is -1.18. The van der Waals surface area contributed by atoms with Crippen LogP contribution in [0.2, 0.25) is 0 Å². The zero-order valence-electron chi connectivity index (χ0n) is 10.1. The van der Waals surface area contributed by atoms with Gasteiger partial charge in [0.2, 0.25) is 0 Å². The molecule has 2 rings (SSSR count). The van der Waals surface area contributed by atoms with E-state index in [-0.39, 0.29) is 11.7 Å². The van der Waals surface area contributed by atoms with E-state index in [2.05, 4.69) is 4.98 Å². The molecule has 86 valence electrons. The van der Waals surface area contributed by atoms with E-state index in [1.54, 1.807) is 6.20 Å². The van der Waals surface area contributed by atoms with Crippen LogP contribution in [0.5, 0.6) is 0 Å². The van der Waals surface area contributed by atoms with E-state index in [0.717, 1.165) is 24.0 Å². The number of ketones is 1. The van der Waals surface area contributed by atoms with Gasteiger partial charge in [-0.1, -0.05) is 25.3 Å². The highest BCUT2D eigenvalue weighted by Gasteiger charge is 2.24. The summed E-state index contributed by atoms with van der Waals surface area (Å²) in [4.78, 5) is 16.6. The van der Waals surface area contributed by atoms with Crippen molar-refractivity contribution in [3.8, 4) is 0 Å². The lowest BCUT2D eigenvalue weighted by Crippen LogP contribution is -2.20. The molecule has 1 aromatic rings. The van der Waals surface area contributed by atoms with Crippen molar-refractivity contribution in [3.05, 3.63) is 29.1 Å². The fourth-order valence-corrected chi connectivity index (χ4v) is 2.53. The number of aromatic nitrogens is 1. The van der Waals surface area contributed by atoms with Gasteiger partial charge >= 0.3 is 0 Å². The molecule has 0 spiro atoms. The van der Waals surface area contributed by atoms with Crippen LogP contribution in [-0.2, 0) is 0 Å². The second-order valence-electron chi connectivity index (χ2n) is 4.88. The summed E-state index contributed by atoms with van der Waals surface area (Å²) in [7, 11) is 0. The Labute approximate surface area is 97.1 Å². The fourth-order valence-electron chi connectivity index (χ4n) is 2.53. The normalized spacial score (nSPS) is 17.4. The lowest BCUT2D eigenvalue weighted by atomic mass is 9.84. The number of carbonyl (C=O) groups is 1. The quantitative estimate of drug-likeness (QED) is 0.710. The SMILES string of the molecule is Cc1cnc(C(=O)C2CCCCC2)c(C)c1. The van der Waals surface area contributed by atoms with E-state index in [1.165, 1.54) is 19.3 Å². The largest absolute Gasteiger partial charge is 0.292 e. The van der Waals surface area contributed by atoms with Gasteiger partial charge in [0.25, 0.3) is 0 Å². The van der Waals surface area contributed by atoms with Gasteiger partial charge in [-0.3, -0.25) is 9.78 Å². The lowest BCUT2D eigenvalue weighted by Gasteiger charge is -2.20. The topological polar surface area (TPSA) is 30.0 Å². The summed E-state index contributed by atoms with van der Waals surface area (Å²) < 4.78 is 0. The van der Waals surface area contributed by atoms with E-state index in [4.69, 9.17) is 0 Å². The van der Waals surface area contributed by atoms with Crippen molar-refractivity contribution in [3.63, 3.8) is 0 Å². The van der Waals surface area contributed by atoms with Crippen molar-refractivity contribution >= 4 is 5.78 Å². The van der Waals surface area contributed by atoms with Gasteiger partial charge in [-0.25, -0.2) is 0 Å². The maximum atomic E-state index is 12.3. The summed E-state index contributed by atoms with van der Waals surface area (Å²) in [6.07, 6.45) is 7.57. The third-order valence-corrected chi connectivity index (χ3v) is 3.42. The maximum absolute atomic E-state index is 12.3. The van der Waals surface area contributed by atoms with Crippen molar-refractivity contribution in [2.24, 2.45) is 5.92 Å². The number of rotatable bonds is 2. The van der Waals surface area contributed by atoms with Crippen LogP contribution in [0.1, 0.15) is 53.7 Å². The Morgan fingerprint density at radius 3 is 2.56 bits per heavy atom. The molecule has 1 aliphatic rings. The van der Waals surface area contributed by atoms with Gasteiger partial charge in [0.1, 0.15) is 5.69 Å². The first-order chi connectivity index (χ1) is 7.68. The van der Waals surface area contributed by atoms with Gasteiger partial charge in [-0.05, 0) is 37.8 Å². The van der Waals surface area contributed by atoms with Crippen LogP contribution in [0, 0.1) is 19.8 Å². The highest BCUT2D eigenvalue weighted by Crippen LogP contribution is 2.27. The van der Waals surface area contributed by atoms with Crippen LogP contribution in [0.15, 0.2) is 12.3 Å². The number of aryl methyl sites for hydroxylation is 2. The summed E-state index contributed by atoms with van der Waals surface area (Å²) in [6, 6.07) is 2.04. The summed E-state index contributed by atoms with van der Waals surface area (Å²) in [6.45, 7) is 3.99. The minimum atomic E-state index is 0.225. The molecule has 1 heterocycles. The van der Waals surface area contributed by atoms with Crippen LogP contribution < -0.4 is 0 Å². The molecule has 2 heteroatoms. The Morgan fingerprint density at radius 1 is 1.25 bits per heavy atom. The molecule has 16 heavy (non-hydrogen) atoms. The summed E-state index contributed by atoms with van der Waals surface area (Å²) in [5, 5.41) is 0. The molecule has 1 aromatic heterocycles. The van der Waals surface area contributed by atoms with Gasteiger partial charge in [0.05, 0.1) is 0 Å². The molecule has 1 fully saturated rings. The number of hydrogen-bond acceptors (Lipinski definition) is 2. The second-order valence-corrected chi connectivity index (χ2v) is 4.88. The lowest BCUT2D eigenvalue weighted by molar-refractivity contribution is 0.0883. The minimum absolute atomic E-state index is 0.225. The molecule has 1 saturated carbocycles. The van der Waals surface area contributed by atoms with Crippen LogP contribution >= 0.6 is 0 Å². The zero-order valence-corrected chi connectivity index (χ0v) is 10.1. The second kappa shape index (κ2) is 4.77. The Morgan fingerprint density at radius 2 is 1.94 bits per heavy atom. The Bertz CT molecular complexity index is 392. The molecule has 0 bridgehead atoms. The van der Waals surface area contributed by atoms with Gasteiger partial charge in [-0.2, -0.15) is 0 Å². The average molecular weight is 217 g/mol. The predicted molar refractivity (Wildman–Crippen MR) is 64.6 cm³/mol. The summed E-state index contributed by atoms with van der Waals surface area (Å²) >= 11 is 0.